The van der Waals surface area contributed by atoms with Gasteiger partial charge in [0.25, 0.3) is 5.91 Å². The standard InChI is InChI=1S/C11H14N2OS/c1-8-2-4-9(5-3-8)13-6-7-15-11(13)10(12)14/h2-5,11H,6-7H2,1H3,(H2,12,14)/t11-/m0/s1. The van der Waals surface area contributed by atoms with Gasteiger partial charge in [-0.1, -0.05) is 17.7 Å². The van der Waals surface area contributed by atoms with Crippen LogP contribution in [0.3, 0.4) is 0 Å². The number of carbonyl (C=O) groups is 1. The van der Waals surface area contributed by atoms with Crippen molar-refractivity contribution in [3.8, 4) is 0 Å². The van der Waals surface area contributed by atoms with E-state index in [1.54, 1.807) is 11.8 Å². The van der Waals surface area contributed by atoms with Crippen molar-refractivity contribution in [1.82, 2.24) is 0 Å². The van der Waals surface area contributed by atoms with Gasteiger partial charge in [-0.05, 0) is 19.1 Å². The summed E-state index contributed by atoms with van der Waals surface area (Å²) in [5.41, 5.74) is 7.66. The zero-order valence-electron chi connectivity index (χ0n) is 8.64. The summed E-state index contributed by atoms with van der Waals surface area (Å²) >= 11 is 1.61. The number of benzene rings is 1. The molecule has 80 valence electrons. The zero-order chi connectivity index (χ0) is 10.8. The van der Waals surface area contributed by atoms with E-state index in [0.717, 1.165) is 18.0 Å². The number of nitrogens with two attached hydrogens (primary N) is 1. The third-order valence-corrected chi connectivity index (χ3v) is 3.72. The lowest BCUT2D eigenvalue weighted by Crippen LogP contribution is -2.38. The summed E-state index contributed by atoms with van der Waals surface area (Å²) in [5, 5.41) is -0.201. The lowest BCUT2D eigenvalue weighted by Gasteiger charge is -2.23. The molecule has 4 heteroatoms. The van der Waals surface area contributed by atoms with Gasteiger partial charge in [-0.2, -0.15) is 0 Å². The molecule has 3 nitrogen and oxygen atoms in total. The number of anilines is 1. The van der Waals surface area contributed by atoms with Gasteiger partial charge in [-0.25, -0.2) is 0 Å². The molecule has 2 rings (SSSR count). The van der Waals surface area contributed by atoms with Crippen molar-refractivity contribution in [3.63, 3.8) is 0 Å². The van der Waals surface area contributed by atoms with Gasteiger partial charge < -0.3 is 10.6 Å². The summed E-state index contributed by atoms with van der Waals surface area (Å²) in [6.07, 6.45) is 0. The Labute approximate surface area is 93.6 Å². The van der Waals surface area contributed by atoms with Gasteiger partial charge in [0, 0.05) is 18.0 Å². The molecular formula is C11H14N2OS. The summed E-state index contributed by atoms with van der Waals surface area (Å²) in [7, 11) is 0. The number of aryl methyl sites for hydroxylation is 1. The molecule has 0 aromatic heterocycles. The summed E-state index contributed by atoms with van der Waals surface area (Å²) in [6, 6.07) is 8.18. The summed E-state index contributed by atoms with van der Waals surface area (Å²) in [6.45, 7) is 2.94. The Morgan fingerprint density at radius 1 is 1.47 bits per heavy atom. The number of carbonyl (C=O) groups excluding carboxylic acids is 1. The lowest BCUT2D eigenvalue weighted by molar-refractivity contribution is -0.117. The second kappa shape index (κ2) is 4.14. The van der Waals surface area contributed by atoms with Gasteiger partial charge in [0.1, 0.15) is 0 Å². The quantitative estimate of drug-likeness (QED) is 0.822. The highest BCUT2D eigenvalue weighted by Crippen LogP contribution is 2.29. The van der Waals surface area contributed by atoms with Crippen LogP contribution in [0.2, 0.25) is 0 Å². The van der Waals surface area contributed by atoms with Crippen molar-refractivity contribution < 1.29 is 4.79 Å². The van der Waals surface area contributed by atoms with Gasteiger partial charge in [0.05, 0.1) is 0 Å². The first-order valence-electron chi connectivity index (χ1n) is 4.93. The predicted octanol–water partition coefficient (Wildman–Crippen LogP) is 1.36. The van der Waals surface area contributed by atoms with Crippen LogP contribution in [0.5, 0.6) is 0 Å². The average molecular weight is 222 g/mol. The molecule has 0 saturated carbocycles. The van der Waals surface area contributed by atoms with Crippen molar-refractivity contribution in [2.75, 3.05) is 17.2 Å². The minimum absolute atomic E-state index is 0.201. The van der Waals surface area contributed by atoms with Crippen LogP contribution in [0.25, 0.3) is 0 Å². The van der Waals surface area contributed by atoms with Crippen molar-refractivity contribution in [3.05, 3.63) is 29.8 Å². The third kappa shape index (κ3) is 2.09. The zero-order valence-corrected chi connectivity index (χ0v) is 9.46. The van der Waals surface area contributed by atoms with Gasteiger partial charge in [-0.3, -0.25) is 4.79 Å². The maximum atomic E-state index is 11.2. The highest BCUT2D eigenvalue weighted by Gasteiger charge is 2.29. The smallest absolute Gasteiger partial charge is 0.250 e. The first kappa shape index (κ1) is 10.4. The molecule has 1 atom stereocenters. The topological polar surface area (TPSA) is 46.3 Å². The van der Waals surface area contributed by atoms with Crippen molar-refractivity contribution in [2.24, 2.45) is 5.73 Å². The molecule has 1 amide bonds. The van der Waals surface area contributed by atoms with Gasteiger partial charge in [0.2, 0.25) is 0 Å². The van der Waals surface area contributed by atoms with E-state index < -0.39 is 0 Å². The van der Waals surface area contributed by atoms with Gasteiger partial charge in [0.15, 0.2) is 5.37 Å². The fourth-order valence-corrected chi connectivity index (χ4v) is 2.80. The fraction of sp³-hybridized carbons (Fsp3) is 0.364. The van der Waals surface area contributed by atoms with E-state index in [2.05, 4.69) is 17.0 Å². The third-order valence-electron chi connectivity index (χ3n) is 2.50. The number of thioether (sulfide) groups is 1. The minimum atomic E-state index is -0.252. The SMILES string of the molecule is Cc1ccc(N2CCS[C@H]2C(N)=O)cc1. The van der Waals surface area contributed by atoms with E-state index in [9.17, 15) is 4.79 Å². The molecule has 1 aliphatic rings. The van der Waals surface area contributed by atoms with Crippen LogP contribution >= 0.6 is 11.8 Å². The van der Waals surface area contributed by atoms with E-state index in [0.29, 0.717) is 0 Å². The number of rotatable bonds is 2. The number of amides is 1. The van der Waals surface area contributed by atoms with Crippen molar-refractivity contribution in [2.45, 2.75) is 12.3 Å². The van der Waals surface area contributed by atoms with E-state index in [-0.39, 0.29) is 11.3 Å². The fourth-order valence-electron chi connectivity index (χ4n) is 1.71. The molecule has 0 bridgehead atoms. The van der Waals surface area contributed by atoms with Gasteiger partial charge >= 0.3 is 0 Å². The molecule has 2 N–H and O–H groups in total. The first-order chi connectivity index (χ1) is 7.18. The maximum Gasteiger partial charge on any atom is 0.250 e. The second-order valence-corrected chi connectivity index (χ2v) is 4.84. The number of primary amides is 1. The molecule has 1 aliphatic heterocycles. The van der Waals surface area contributed by atoms with Crippen LogP contribution in [-0.2, 0) is 4.79 Å². The summed E-state index contributed by atoms with van der Waals surface area (Å²) in [5.74, 6) is 0.708. The highest BCUT2D eigenvalue weighted by molar-refractivity contribution is 8.01. The van der Waals surface area contributed by atoms with Crippen molar-refractivity contribution >= 4 is 23.4 Å². The Balaban J connectivity index is 2.22. The Bertz CT molecular complexity index is 363. The summed E-state index contributed by atoms with van der Waals surface area (Å²) in [4.78, 5) is 13.3. The molecule has 0 unspecified atom stereocenters. The Morgan fingerprint density at radius 2 is 2.13 bits per heavy atom. The maximum absolute atomic E-state index is 11.2. The molecule has 0 radical (unpaired) electrons. The molecule has 0 spiro atoms. The molecule has 1 aromatic carbocycles. The Morgan fingerprint density at radius 3 is 2.73 bits per heavy atom. The molecule has 15 heavy (non-hydrogen) atoms. The van der Waals surface area contributed by atoms with Crippen LogP contribution in [0.15, 0.2) is 24.3 Å². The largest absolute Gasteiger partial charge is 0.367 e. The molecular weight excluding hydrogens is 208 g/mol. The van der Waals surface area contributed by atoms with Gasteiger partial charge in [-0.15, -0.1) is 11.8 Å². The molecule has 1 heterocycles. The van der Waals surface area contributed by atoms with Crippen molar-refractivity contribution in [1.29, 1.82) is 0 Å². The number of hydrogen-bond acceptors (Lipinski definition) is 3. The molecule has 0 aliphatic carbocycles. The lowest BCUT2D eigenvalue weighted by atomic mass is 10.2. The first-order valence-corrected chi connectivity index (χ1v) is 5.97. The van der Waals surface area contributed by atoms with E-state index in [1.807, 2.05) is 19.1 Å². The van der Waals surface area contributed by atoms with E-state index in [1.165, 1.54) is 5.56 Å². The van der Waals surface area contributed by atoms with Crippen LogP contribution in [-0.4, -0.2) is 23.6 Å². The molecule has 1 fully saturated rings. The van der Waals surface area contributed by atoms with E-state index >= 15 is 0 Å². The van der Waals surface area contributed by atoms with Crippen LogP contribution < -0.4 is 10.6 Å². The summed E-state index contributed by atoms with van der Waals surface area (Å²) < 4.78 is 0. The molecule has 1 saturated heterocycles. The monoisotopic (exact) mass is 222 g/mol. The van der Waals surface area contributed by atoms with E-state index in [4.69, 9.17) is 5.73 Å². The van der Waals surface area contributed by atoms with Crippen LogP contribution in [0, 0.1) is 6.92 Å². The number of nitrogens with zero attached hydrogens (tertiary/aromatic N) is 1. The Kier molecular flexibility index (Phi) is 2.86. The second-order valence-electron chi connectivity index (χ2n) is 3.65. The minimum Gasteiger partial charge on any atom is -0.367 e. The average Bonchev–Trinajstić information content (AvgIpc) is 2.67. The normalized spacial score (nSPS) is 20.6. The molecule has 1 aromatic rings. The Hall–Kier alpha value is -1.16. The van der Waals surface area contributed by atoms with Crippen LogP contribution in [0.1, 0.15) is 5.56 Å². The predicted molar refractivity (Wildman–Crippen MR) is 64.0 cm³/mol. The number of hydrogen-bond donors (Lipinski definition) is 1. The van der Waals surface area contributed by atoms with Crippen LogP contribution in [0.4, 0.5) is 5.69 Å². The highest BCUT2D eigenvalue weighted by atomic mass is 32.2.